The maximum atomic E-state index is 5.77. The number of rotatable bonds is 5. The second-order valence-electron chi connectivity index (χ2n) is 20.6. The zero-order chi connectivity index (χ0) is 32.6. The molecule has 0 bridgehead atoms. The first-order valence-corrected chi connectivity index (χ1v) is 31.8. The van der Waals surface area contributed by atoms with Crippen LogP contribution in [0.15, 0.2) is 17.1 Å². The smallest absolute Gasteiger partial charge is 0.0938 e. The maximum absolute atomic E-state index is 5.77. The van der Waals surface area contributed by atoms with E-state index in [0.717, 1.165) is 0 Å². The van der Waals surface area contributed by atoms with Crippen LogP contribution in [0.3, 0.4) is 0 Å². The van der Waals surface area contributed by atoms with Crippen molar-refractivity contribution in [2.75, 3.05) is 0 Å². The summed E-state index contributed by atoms with van der Waals surface area (Å²) in [4.78, 5) is 5.77. The molecule has 41 heavy (non-hydrogen) atoms. The van der Waals surface area contributed by atoms with Gasteiger partial charge in [-0.25, -0.2) is 4.99 Å². The number of aliphatic imine (C=N–C) groups is 1. The fraction of sp³-hybridized carbons (Fsp3) is 0.800. The average Bonchev–Trinajstić information content (AvgIpc) is 3.07. The molecule has 1 aromatic rings. The topological polar surface area (TPSA) is 12.4 Å². The molecular weight excluding hydrogens is 575 g/mol. The molecule has 0 aromatic heterocycles. The normalized spacial score (nSPS) is 18.9. The second-order valence-corrected chi connectivity index (χ2v) is 47.7. The highest BCUT2D eigenvalue weighted by atomic mass is 28.5. The van der Waals surface area contributed by atoms with E-state index in [-0.39, 0.29) is 16.2 Å². The van der Waals surface area contributed by atoms with Gasteiger partial charge in [0, 0.05) is 32.3 Å². The molecule has 0 atom stereocenters. The first-order chi connectivity index (χ1) is 17.8. The third-order valence-electron chi connectivity index (χ3n) is 10.7. The molecule has 1 heterocycles. The van der Waals surface area contributed by atoms with E-state index in [1.54, 1.807) is 0 Å². The van der Waals surface area contributed by atoms with E-state index in [0.29, 0.717) is 8.57 Å². The van der Waals surface area contributed by atoms with Crippen molar-refractivity contribution in [1.29, 1.82) is 0 Å². The lowest BCUT2D eigenvalue weighted by molar-refractivity contribution is 0.550. The number of hydrogen-bond acceptors (Lipinski definition) is 1. The summed E-state index contributed by atoms with van der Waals surface area (Å²) >= 11 is 0. The Morgan fingerprint density at radius 3 is 1.07 bits per heavy atom. The van der Waals surface area contributed by atoms with Crippen molar-refractivity contribution >= 4 is 51.9 Å². The Labute approximate surface area is 263 Å². The number of benzene rings is 1. The Bertz CT molecular complexity index is 1100. The molecule has 1 nitrogen and oxygen atoms in total. The predicted molar refractivity (Wildman–Crippen MR) is 203 cm³/mol. The zero-order valence-electron chi connectivity index (χ0n) is 31.5. The molecule has 0 saturated carbocycles. The summed E-state index contributed by atoms with van der Waals surface area (Å²) in [6.45, 7) is 53.9. The van der Waals surface area contributed by atoms with E-state index in [4.69, 9.17) is 4.99 Å². The molecule has 6 heteroatoms. The molecule has 1 fully saturated rings. The minimum Gasteiger partial charge on any atom is -0.214 e. The van der Waals surface area contributed by atoms with E-state index < -0.39 is 40.7 Å². The van der Waals surface area contributed by atoms with Crippen molar-refractivity contribution in [3.05, 3.63) is 28.8 Å². The van der Waals surface area contributed by atoms with Gasteiger partial charge in [-0.3, -0.25) is 0 Å². The van der Waals surface area contributed by atoms with Gasteiger partial charge >= 0.3 is 0 Å². The van der Waals surface area contributed by atoms with Crippen LogP contribution in [-0.2, 0) is 16.2 Å². The molecule has 1 aliphatic heterocycles. The van der Waals surface area contributed by atoms with E-state index in [2.05, 4.69) is 158 Å². The Hall–Kier alpha value is -0.116. The molecule has 1 aromatic carbocycles. The molecular formula is C35H69NSi5. The molecule has 0 unspecified atom stereocenters. The van der Waals surface area contributed by atoms with Crippen LogP contribution in [-0.4, -0.2) is 46.2 Å². The van der Waals surface area contributed by atoms with Gasteiger partial charge in [0.1, 0.15) is 0 Å². The van der Waals surface area contributed by atoms with Crippen molar-refractivity contribution in [2.24, 2.45) is 4.99 Å². The Balaban J connectivity index is 3.35. The lowest BCUT2D eigenvalue weighted by Crippen LogP contribution is -2.65. The molecule has 0 spiro atoms. The highest BCUT2D eigenvalue weighted by Gasteiger charge is 2.70. The van der Waals surface area contributed by atoms with Gasteiger partial charge < -0.3 is 0 Å². The van der Waals surface area contributed by atoms with Gasteiger partial charge in [-0.15, -0.1) is 0 Å². The number of hydrogen-bond donors (Lipinski definition) is 0. The molecule has 2 rings (SSSR count). The first kappa shape index (κ1) is 37.1. The molecule has 1 aliphatic rings. The second kappa shape index (κ2) is 10.8. The van der Waals surface area contributed by atoms with Crippen molar-refractivity contribution in [3.8, 4) is 0 Å². The van der Waals surface area contributed by atoms with Crippen LogP contribution in [0.25, 0.3) is 0 Å². The third kappa shape index (κ3) is 6.49. The summed E-state index contributed by atoms with van der Waals surface area (Å²) in [6.07, 6.45) is 2.87. The first-order valence-electron chi connectivity index (χ1n) is 16.3. The van der Waals surface area contributed by atoms with E-state index in [1.165, 1.54) is 35.2 Å². The summed E-state index contributed by atoms with van der Waals surface area (Å²) in [5, 5.41) is 0. The van der Waals surface area contributed by atoms with Crippen LogP contribution >= 0.6 is 0 Å². The summed E-state index contributed by atoms with van der Waals surface area (Å²) in [5.74, 6) is 0. The standard InChI is InChI=1S/C35H69NSi5/c1-31(2,3)27-24-28(32(4,5)6)30(29(25-27)33(7,8)9)36-26-37-34(38(10,11)12,39(13,14)15)22-23-35(37,40(16,17)18)41(19,20)21/h24-25H,22-23H2,1-21H3. The minimum atomic E-state index is -1.56. The van der Waals surface area contributed by atoms with Gasteiger partial charge in [0.05, 0.1) is 14.1 Å². The molecule has 1 saturated heterocycles. The lowest BCUT2D eigenvalue weighted by Gasteiger charge is -2.56. The molecule has 0 radical (unpaired) electrons. The van der Waals surface area contributed by atoms with Gasteiger partial charge in [-0.2, -0.15) is 0 Å². The fourth-order valence-corrected chi connectivity index (χ4v) is 49.2. The van der Waals surface area contributed by atoms with Crippen LogP contribution in [0.5, 0.6) is 0 Å². The fourth-order valence-electron chi connectivity index (χ4n) is 8.87. The Morgan fingerprint density at radius 1 is 0.561 bits per heavy atom. The van der Waals surface area contributed by atoms with Crippen molar-refractivity contribution in [2.45, 2.75) is 179 Å². The van der Waals surface area contributed by atoms with E-state index >= 15 is 0 Å². The predicted octanol–water partition coefficient (Wildman–Crippen LogP) is 12.0. The van der Waals surface area contributed by atoms with Crippen LogP contribution in [0.4, 0.5) is 5.69 Å². The SMILES string of the molecule is CC(C)(C)c1cc(C(C)(C)C)c(N=C=[Si]2C([Si](C)(C)C)([Si](C)(C)C)CCC2([Si](C)(C)C)[Si](C)(C)C)c(C(C)(C)C)c1. The third-order valence-corrected chi connectivity index (χ3v) is 45.5. The van der Waals surface area contributed by atoms with Gasteiger partial charge in [0.15, 0.2) is 0 Å². The van der Waals surface area contributed by atoms with Crippen molar-refractivity contribution < 1.29 is 0 Å². The van der Waals surface area contributed by atoms with Crippen LogP contribution < -0.4 is 0 Å². The number of nitrogens with zero attached hydrogens (tertiary/aromatic N) is 1. The summed E-state index contributed by atoms with van der Waals surface area (Å²) < 4.78 is 0.980. The van der Waals surface area contributed by atoms with E-state index in [9.17, 15) is 0 Å². The summed E-state index contributed by atoms with van der Waals surface area (Å²) in [6, 6.07) is 4.99. The quantitative estimate of drug-likeness (QED) is 0.224. The Kier molecular flexibility index (Phi) is 9.72. The van der Waals surface area contributed by atoms with Crippen LogP contribution in [0.2, 0.25) is 87.1 Å². The average molecular weight is 644 g/mol. The van der Waals surface area contributed by atoms with Crippen LogP contribution in [0.1, 0.15) is 91.8 Å². The molecule has 0 aliphatic carbocycles. The largest absolute Gasteiger partial charge is 0.214 e. The monoisotopic (exact) mass is 643 g/mol. The minimum absolute atomic E-state index is 0.0120. The molecule has 0 amide bonds. The van der Waals surface area contributed by atoms with Crippen molar-refractivity contribution in [3.63, 3.8) is 0 Å². The van der Waals surface area contributed by atoms with Gasteiger partial charge in [0.2, 0.25) is 0 Å². The Morgan fingerprint density at radius 2 is 0.854 bits per heavy atom. The lowest BCUT2D eigenvalue weighted by atomic mass is 9.74. The van der Waals surface area contributed by atoms with E-state index in [1.807, 2.05) is 0 Å². The molecule has 0 N–H and O–H groups in total. The molecule has 234 valence electrons. The highest BCUT2D eigenvalue weighted by molar-refractivity contribution is 7.21. The van der Waals surface area contributed by atoms with Gasteiger partial charge in [0.25, 0.3) is 0 Å². The van der Waals surface area contributed by atoms with Crippen molar-refractivity contribution in [1.82, 2.24) is 0 Å². The van der Waals surface area contributed by atoms with Gasteiger partial charge in [-0.05, 0) is 41.5 Å². The zero-order valence-corrected chi connectivity index (χ0v) is 36.5. The summed E-state index contributed by atoms with van der Waals surface area (Å²) in [7, 11) is -7.32. The van der Waals surface area contributed by atoms with Gasteiger partial charge in [-0.1, -0.05) is 171 Å². The maximum Gasteiger partial charge on any atom is 0.0938 e. The van der Waals surface area contributed by atoms with Crippen LogP contribution in [0, 0.1) is 0 Å². The summed E-state index contributed by atoms with van der Waals surface area (Å²) in [5.41, 5.74) is 9.95. The highest BCUT2D eigenvalue weighted by Crippen LogP contribution is 2.68.